The maximum absolute atomic E-state index is 16.6. The second kappa shape index (κ2) is 14.2. The van der Waals surface area contributed by atoms with E-state index in [1.165, 1.54) is 0 Å². The fourth-order valence-corrected chi connectivity index (χ4v) is 7.86. The Balaban J connectivity index is 1.61. The van der Waals surface area contributed by atoms with Gasteiger partial charge in [-0.3, -0.25) is 14.5 Å². The van der Waals surface area contributed by atoms with Crippen LogP contribution in [0.15, 0.2) is 14.6 Å². The molecule has 3 aliphatic carbocycles. The fraction of sp³-hybridized carbons (Fsp3) is 0.639. The van der Waals surface area contributed by atoms with E-state index in [1.54, 1.807) is 19.0 Å². The molecule has 3 aliphatic rings. The first-order chi connectivity index (χ1) is 22.7. The number of benzene rings is 1. The summed E-state index contributed by atoms with van der Waals surface area (Å²) in [6, 6.07) is -0.710. The number of aliphatic hydroxyl groups excluding tert-OH is 1. The van der Waals surface area contributed by atoms with Gasteiger partial charge in [-0.25, -0.2) is 4.39 Å². The molecule has 0 amide bonds. The number of nitrogens with one attached hydrogen (secondary N) is 1. The summed E-state index contributed by atoms with van der Waals surface area (Å²) in [7, 11) is 3.54. The Kier molecular flexibility index (Phi) is 10.8. The normalized spacial score (nSPS) is 23.6. The van der Waals surface area contributed by atoms with Crippen molar-refractivity contribution < 1.29 is 38.2 Å². The van der Waals surface area contributed by atoms with Gasteiger partial charge in [-0.05, 0) is 85.2 Å². The zero-order chi connectivity index (χ0) is 35.1. The van der Waals surface area contributed by atoms with E-state index < -0.39 is 46.6 Å². The first kappa shape index (κ1) is 36.5. The second-order valence-corrected chi connectivity index (χ2v) is 15.5. The van der Waals surface area contributed by atoms with Crippen LogP contribution < -0.4 is 14.8 Å². The van der Waals surface area contributed by atoms with Crippen LogP contribution in [0.4, 0.5) is 4.39 Å². The Morgan fingerprint density at radius 1 is 1.10 bits per heavy atom. The lowest BCUT2D eigenvalue weighted by Gasteiger charge is -2.49. The summed E-state index contributed by atoms with van der Waals surface area (Å²) in [6.45, 7) is 12.0. The van der Waals surface area contributed by atoms with Gasteiger partial charge in [0.1, 0.15) is 22.9 Å². The van der Waals surface area contributed by atoms with Gasteiger partial charge >= 0.3 is 0 Å². The Bertz CT molecular complexity index is 1600. The molecule has 12 heteroatoms. The van der Waals surface area contributed by atoms with Gasteiger partial charge in [0.15, 0.2) is 11.4 Å². The third kappa shape index (κ3) is 6.33. The van der Waals surface area contributed by atoms with Crippen LogP contribution in [0.2, 0.25) is 0 Å². The summed E-state index contributed by atoms with van der Waals surface area (Å²) in [4.78, 5) is 30.5. The summed E-state index contributed by atoms with van der Waals surface area (Å²) in [5.41, 5.74) is -1.87. The van der Waals surface area contributed by atoms with E-state index in [2.05, 4.69) is 47.2 Å². The lowest BCUT2D eigenvalue weighted by molar-refractivity contribution is -0.142. The molecule has 1 aromatic carbocycles. The van der Waals surface area contributed by atoms with E-state index in [9.17, 15) is 19.8 Å². The van der Waals surface area contributed by atoms with Crippen LogP contribution in [-0.2, 0) is 17.8 Å². The SMILES string of the molecule is CCCCOc1noc2c1C(=O)[C@@]1(O)C(=O)C3=C(O)c4c(c(F)c(CNCCC(C)(C)C)c(Br)c4OCCCC)C[C@H]3C[C@H]1[C@@H]2N(C)C. The number of fused-ring (bicyclic) bond motifs is 4. The van der Waals surface area contributed by atoms with Crippen LogP contribution in [0.1, 0.15) is 112 Å². The van der Waals surface area contributed by atoms with Crippen molar-refractivity contribution in [1.82, 2.24) is 15.4 Å². The zero-order valence-electron chi connectivity index (χ0n) is 29.1. The predicted octanol–water partition coefficient (Wildman–Crippen LogP) is 6.72. The highest BCUT2D eigenvalue weighted by molar-refractivity contribution is 9.10. The molecule has 0 saturated heterocycles. The molecular formula is C36H49BrFN3O7. The molecule has 0 radical (unpaired) electrons. The number of ether oxygens (including phenoxy) is 2. The van der Waals surface area contributed by atoms with E-state index in [-0.39, 0.29) is 71.1 Å². The van der Waals surface area contributed by atoms with Gasteiger partial charge in [0.2, 0.25) is 11.6 Å². The topological polar surface area (TPSA) is 134 Å². The molecule has 0 aliphatic heterocycles. The number of unbranched alkanes of at least 4 members (excludes halogenated alkanes) is 2. The molecular weight excluding hydrogens is 685 g/mol. The molecule has 3 N–H and O–H groups in total. The number of aromatic nitrogens is 1. The van der Waals surface area contributed by atoms with Gasteiger partial charge < -0.3 is 29.5 Å². The number of halogens is 2. The van der Waals surface area contributed by atoms with Gasteiger partial charge in [0.25, 0.3) is 5.88 Å². The standard InChI is InChI=1S/C36H49BrFN3O7/c1-8-10-14-46-30-24-20(27(38)21(26(30)37)18-39-13-12-35(3,4)5)16-19-17-22-28(41(6)7)31-25(34(40-48-31)47-15-11-9-2)33(44)36(22,45)32(43)23(19)29(24)42/h19,22,28,39,42,45H,8-18H2,1-7H3/t19-,22-,28-,36-/m0/s1. The van der Waals surface area contributed by atoms with Crippen LogP contribution in [-0.4, -0.2) is 71.3 Å². The average molecular weight is 735 g/mol. The summed E-state index contributed by atoms with van der Waals surface area (Å²) in [6.07, 6.45) is 4.23. The molecule has 2 aromatic rings. The molecule has 264 valence electrons. The predicted molar refractivity (Wildman–Crippen MR) is 183 cm³/mol. The summed E-state index contributed by atoms with van der Waals surface area (Å²) in [5, 5.41) is 31.6. The largest absolute Gasteiger partial charge is 0.507 e. The van der Waals surface area contributed by atoms with E-state index >= 15 is 4.39 Å². The zero-order valence-corrected chi connectivity index (χ0v) is 30.7. The van der Waals surface area contributed by atoms with Crippen molar-refractivity contribution >= 4 is 33.3 Å². The van der Waals surface area contributed by atoms with Gasteiger partial charge in [0.05, 0.1) is 29.3 Å². The molecule has 0 unspecified atom stereocenters. The van der Waals surface area contributed by atoms with Crippen LogP contribution in [0.3, 0.4) is 0 Å². The molecule has 0 bridgehead atoms. The molecule has 1 aromatic heterocycles. The summed E-state index contributed by atoms with van der Waals surface area (Å²) < 4.78 is 34.6. The van der Waals surface area contributed by atoms with E-state index in [0.717, 1.165) is 25.7 Å². The maximum atomic E-state index is 16.6. The molecule has 5 rings (SSSR count). The number of aliphatic hydroxyl groups is 2. The number of hydrogen-bond acceptors (Lipinski definition) is 10. The molecule has 1 fully saturated rings. The van der Waals surface area contributed by atoms with Gasteiger partial charge in [0, 0.05) is 29.2 Å². The van der Waals surface area contributed by atoms with Gasteiger partial charge in [-0.2, -0.15) is 0 Å². The minimum Gasteiger partial charge on any atom is -0.507 e. The minimum absolute atomic E-state index is 0.0624. The highest BCUT2D eigenvalue weighted by Crippen LogP contribution is 2.57. The number of rotatable bonds is 13. The van der Waals surface area contributed by atoms with Crippen LogP contribution in [0.5, 0.6) is 11.6 Å². The highest BCUT2D eigenvalue weighted by atomic mass is 79.9. The Morgan fingerprint density at radius 3 is 2.40 bits per heavy atom. The number of Topliss-reactive ketones (excluding diaryl/α,β-unsaturated/α-hetero) is 2. The first-order valence-corrected chi connectivity index (χ1v) is 17.9. The molecule has 48 heavy (non-hydrogen) atoms. The van der Waals surface area contributed by atoms with E-state index in [1.807, 2.05) is 13.8 Å². The maximum Gasteiger partial charge on any atom is 0.265 e. The Hall–Kier alpha value is -2.80. The van der Waals surface area contributed by atoms with Crippen molar-refractivity contribution in [2.75, 3.05) is 33.9 Å². The lowest BCUT2D eigenvalue weighted by Crippen LogP contribution is -2.63. The minimum atomic E-state index is -2.52. The number of carbonyl (C=O) groups excluding carboxylic acids is 2. The number of nitrogens with zero attached hydrogens (tertiary/aromatic N) is 2. The molecule has 1 saturated carbocycles. The molecule has 4 atom stereocenters. The Morgan fingerprint density at radius 2 is 1.77 bits per heavy atom. The smallest absolute Gasteiger partial charge is 0.265 e. The summed E-state index contributed by atoms with van der Waals surface area (Å²) in [5.74, 6) is -3.95. The van der Waals surface area contributed by atoms with Gasteiger partial charge in [-0.15, -0.1) is 0 Å². The molecule has 1 heterocycles. The van der Waals surface area contributed by atoms with Crippen molar-refractivity contribution in [2.45, 2.75) is 97.8 Å². The number of carbonyl (C=O) groups is 2. The monoisotopic (exact) mass is 733 g/mol. The summed E-state index contributed by atoms with van der Waals surface area (Å²) >= 11 is 3.57. The molecule has 0 spiro atoms. The van der Waals surface area contributed by atoms with Crippen molar-refractivity contribution in [3.05, 3.63) is 43.9 Å². The first-order valence-electron chi connectivity index (χ1n) is 17.1. The molecule has 10 nitrogen and oxygen atoms in total. The highest BCUT2D eigenvalue weighted by Gasteiger charge is 2.65. The van der Waals surface area contributed by atoms with Crippen molar-refractivity contribution in [1.29, 1.82) is 0 Å². The second-order valence-electron chi connectivity index (χ2n) is 14.7. The third-order valence-electron chi connectivity index (χ3n) is 9.84. The fourth-order valence-electron chi connectivity index (χ4n) is 7.23. The number of ketones is 2. The third-order valence-corrected chi connectivity index (χ3v) is 10.7. The van der Waals surface area contributed by atoms with Crippen molar-refractivity contribution in [3.8, 4) is 11.6 Å². The van der Waals surface area contributed by atoms with Crippen molar-refractivity contribution in [2.24, 2.45) is 17.3 Å². The van der Waals surface area contributed by atoms with E-state index in [4.69, 9.17) is 14.0 Å². The average Bonchev–Trinajstić information content (AvgIpc) is 3.43. The van der Waals surface area contributed by atoms with Crippen LogP contribution in [0, 0.1) is 23.1 Å². The Labute approximate surface area is 290 Å². The van der Waals surface area contributed by atoms with Crippen molar-refractivity contribution in [3.63, 3.8) is 0 Å². The van der Waals surface area contributed by atoms with Gasteiger partial charge in [-0.1, -0.05) is 47.5 Å². The lowest BCUT2D eigenvalue weighted by atomic mass is 9.57. The number of hydrogen-bond donors (Lipinski definition) is 3. The van der Waals surface area contributed by atoms with Crippen LogP contribution in [0.25, 0.3) is 5.76 Å². The quantitative estimate of drug-likeness (QED) is 0.150. The van der Waals surface area contributed by atoms with E-state index in [0.29, 0.717) is 29.6 Å². The van der Waals surface area contributed by atoms with Crippen LogP contribution >= 0.6 is 15.9 Å².